The van der Waals surface area contributed by atoms with Gasteiger partial charge in [-0.25, -0.2) is 8.78 Å². The van der Waals surface area contributed by atoms with Crippen LogP contribution in [0.3, 0.4) is 0 Å². The number of hydrogen-bond donors (Lipinski definition) is 0. The number of hydrogen-bond acceptors (Lipinski definition) is 5. The lowest BCUT2D eigenvalue weighted by Crippen LogP contribution is -2.18. The van der Waals surface area contributed by atoms with Crippen LogP contribution in [0, 0.1) is 34.3 Å². The van der Waals surface area contributed by atoms with Gasteiger partial charge in [-0.05, 0) is 17.7 Å². The molecule has 1 aromatic heterocycles. The van der Waals surface area contributed by atoms with Gasteiger partial charge in [-0.3, -0.25) is 9.78 Å². The summed E-state index contributed by atoms with van der Waals surface area (Å²) in [5.41, 5.74) is 0.269. The fourth-order valence-electron chi connectivity index (χ4n) is 2.62. The number of carbonyl (C=O) groups is 1. The number of halogens is 2. The van der Waals surface area contributed by atoms with E-state index >= 15 is 0 Å². The van der Waals surface area contributed by atoms with Crippen molar-refractivity contribution in [3.8, 4) is 12.1 Å². The van der Waals surface area contributed by atoms with Crippen LogP contribution in [-0.4, -0.2) is 18.1 Å². The summed E-state index contributed by atoms with van der Waals surface area (Å²) in [5.74, 6) is -4.80. The Labute approximate surface area is 143 Å². The van der Waals surface area contributed by atoms with Gasteiger partial charge in [0.2, 0.25) is 0 Å². The maximum absolute atomic E-state index is 14.2. The van der Waals surface area contributed by atoms with Crippen molar-refractivity contribution in [1.82, 2.24) is 4.98 Å². The molecule has 0 radical (unpaired) electrons. The number of nitrogens with zero attached hydrogens (tertiary/aromatic N) is 3. The van der Waals surface area contributed by atoms with E-state index in [0.29, 0.717) is 11.1 Å². The van der Waals surface area contributed by atoms with E-state index in [1.807, 2.05) is 12.1 Å². The van der Waals surface area contributed by atoms with Gasteiger partial charge in [0.05, 0.1) is 49.5 Å². The molecule has 2 unspecified atom stereocenters. The van der Waals surface area contributed by atoms with Gasteiger partial charge in [-0.15, -0.1) is 0 Å². The Hall–Kier alpha value is -3.32. The van der Waals surface area contributed by atoms with Crippen molar-refractivity contribution in [1.29, 1.82) is 10.5 Å². The molecule has 5 nitrogen and oxygen atoms in total. The molecule has 2 aromatic rings. The van der Waals surface area contributed by atoms with Gasteiger partial charge < -0.3 is 4.74 Å². The Balaban J connectivity index is 2.59. The molecule has 0 fully saturated rings. The van der Waals surface area contributed by atoms with E-state index in [4.69, 9.17) is 5.26 Å². The molecule has 7 heteroatoms. The molecule has 2 rings (SSSR count). The number of pyridine rings is 1. The largest absolute Gasteiger partial charge is 0.469 e. The third kappa shape index (κ3) is 3.96. The lowest BCUT2D eigenvalue weighted by molar-refractivity contribution is -0.141. The first-order valence-electron chi connectivity index (χ1n) is 7.27. The second-order valence-electron chi connectivity index (χ2n) is 5.25. The molecule has 0 aliphatic rings. The number of methoxy groups -OCH3 is 1. The number of nitriles is 2. The van der Waals surface area contributed by atoms with Crippen LogP contribution in [-0.2, 0) is 9.53 Å². The van der Waals surface area contributed by atoms with Crippen LogP contribution >= 0.6 is 0 Å². The Morgan fingerprint density at radius 1 is 1.28 bits per heavy atom. The van der Waals surface area contributed by atoms with Crippen LogP contribution in [0.5, 0.6) is 0 Å². The number of carbonyl (C=O) groups excluding carboxylic acids is 1. The molecule has 0 saturated heterocycles. The number of benzene rings is 1. The molecule has 25 heavy (non-hydrogen) atoms. The first kappa shape index (κ1) is 18.0. The summed E-state index contributed by atoms with van der Waals surface area (Å²) in [6.07, 6.45) is 1.25. The SMILES string of the molecule is COC(=O)CC(c1c(F)cncc1F)C(C#N)c1cccc(C#N)c1. The molecule has 0 aliphatic heterocycles. The predicted molar refractivity (Wildman–Crippen MR) is 83.0 cm³/mol. The van der Waals surface area contributed by atoms with Gasteiger partial charge >= 0.3 is 5.97 Å². The normalized spacial score (nSPS) is 12.5. The first-order chi connectivity index (χ1) is 12.0. The Kier molecular flexibility index (Phi) is 5.75. The first-order valence-corrected chi connectivity index (χ1v) is 7.27. The average Bonchev–Trinajstić information content (AvgIpc) is 2.62. The molecule has 1 heterocycles. The van der Waals surface area contributed by atoms with E-state index in [2.05, 4.69) is 9.72 Å². The third-order valence-corrected chi connectivity index (χ3v) is 3.79. The highest BCUT2D eigenvalue weighted by molar-refractivity contribution is 5.71. The quantitative estimate of drug-likeness (QED) is 0.780. The predicted octanol–water partition coefficient (Wildman–Crippen LogP) is 3.19. The average molecular weight is 341 g/mol. The maximum atomic E-state index is 14.2. The van der Waals surface area contributed by atoms with Crippen molar-refractivity contribution in [2.24, 2.45) is 0 Å². The summed E-state index contributed by atoms with van der Waals surface area (Å²) in [4.78, 5) is 15.2. The number of rotatable bonds is 5. The van der Waals surface area contributed by atoms with Crippen molar-refractivity contribution < 1.29 is 18.3 Å². The van der Waals surface area contributed by atoms with Crippen LogP contribution in [0.1, 0.15) is 34.9 Å². The molecule has 2 atom stereocenters. The van der Waals surface area contributed by atoms with Gasteiger partial charge in [0.1, 0.15) is 11.6 Å². The zero-order chi connectivity index (χ0) is 18.4. The van der Waals surface area contributed by atoms with Crippen molar-refractivity contribution in [2.75, 3.05) is 7.11 Å². The minimum absolute atomic E-state index is 0.297. The van der Waals surface area contributed by atoms with Crippen molar-refractivity contribution in [3.63, 3.8) is 0 Å². The van der Waals surface area contributed by atoms with Gasteiger partial charge in [-0.2, -0.15) is 10.5 Å². The standard InChI is InChI=1S/C18H13F2N3O2/c1-25-17(24)6-13(18-15(19)9-23-10-16(18)20)14(8-22)12-4-2-3-11(5-12)7-21/h2-5,9-10,13-14H,6H2,1H3. The third-order valence-electron chi connectivity index (χ3n) is 3.79. The number of ether oxygens (including phenoxy) is 1. The summed E-state index contributed by atoms with van der Waals surface area (Å²) in [5, 5.41) is 18.6. The van der Waals surface area contributed by atoms with E-state index < -0.39 is 41.4 Å². The van der Waals surface area contributed by atoms with Crippen molar-refractivity contribution in [2.45, 2.75) is 18.3 Å². The van der Waals surface area contributed by atoms with Gasteiger partial charge in [0.15, 0.2) is 0 Å². The summed E-state index contributed by atoms with van der Waals surface area (Å²) in [6.45, 7) is 0. The van der Waals surface area contributed by atoms with E-state index in [-0.39, 0.29) is 0 Å². The molecule has 0 saturated carbocycles. The molecule has 1 aromatic carbocycles. The maximum Gasteiger partial charge on any atom is 0.306 e. The summed E-state index contributed by atoms with van der Waals surface area (Å²) >= 11 is 0. The zero-order valence-corrected chi connectivity index (χ0v) is 13.2. The molecule has 0 aliphatic carbocycles. The fraction of sp³-hybridized carbons (Fsp3) is 0.222. The monoisotopic (exact) mass is 341 g/mol. The summed E-state index contributed by atoms with van der Waals surface area (Å²) in [7, 11) is 1.15. The van der Waals surface area contributed by atoms with Crippen LogP contribution in [0.15, 0.2) is 36.7 Å². The van der Waals surface area contributed by atoms with Gasteiger partial charge in [0.25, 0.3) is 0 Å². The smallest absolute Gasteiger partial charge is 0.306 e. The fourth-order valence-corrected chi connectivity index (χ4v) is 2.62. The van der Waals surface area contributed by atoms with Crippen LogP contribution in [0.25, 0.3) is 0 Å². The topological polar surface area (TPSA) is 86.8 Å². The lowest BCUT2D eigenvalue weighted by Gasteiger charge is -2.22. The van der Waals surface area contributed by atoms with Gasteiger partial charge in [0, 0.05) is 11.5 Å². The number of esters is 1. The second-order valence-corrected chi connectivity index (χ2v) is 5.25. The van der Waals surface area contributed by atoms with E-state index in [0.717, 1.165) is 19.5 Å². The lowest BCUT2D eigenvalue weighted by atomic mass is 9.80. The number of aromatic nitrogens is 1. The van der Waals surface area contributed by atoms with Crippen LogP contribution < -0.4 is 0 Å². The molecule has 126 valence electrons. The van der Waals surface area contributed by atoms with Crippen molar-refractivity contribution in [3.05, 3.63) is 65.0 Å². The van der Waals surface area contributed by atoms with Gasteiger partial charge in [-0.1, -0.05) is 12.1 Å². The van der Waals surface area contributed by atoms with E-state index in [1.165, 1.54) is 6.07 Å². The van der Waals surface area contributed by atoms with E-state index in [1.54, 1.807) is 18.2 Å². The highest BCUT2D eigenvalue weighted by atomic mass is 19.1. The second kappa shape index (κ2) is 7.98. The van der Waals surface area contributed by atoms with E-state index in [9.17, 15) is 18.8 Å². The highest BCUT2D eigenvalue weighted by Crippen LogP contribution is 2.38. The molecule has 0 bridgehead atoms. The zero-order valence-electron chi connectivity index (χ0n) is 13.2. The molecule has 0 spiro atoms. The summed E-state index contributed by atoms with van der Waals surface area (Å²) < 4.78 is 33.0. The highest BCUT2D eigenvalue weighted by Gasteiger charge is 2.32. The van der Waals surface area contributed by atoms with Crippen LogP contribution in [0.4, 0.5) is 8.78 Å². The summed E-state index contributed by atoms with van der Waals surface area (Å²) in [6, 6.07) is 10.0. The minimum Gasteiger partial charge on any atom is -0.469 e. The molecule has 0 amide bonds. The molecule has 0 N–H and O–H groups in total. The Morgan fingerprint density at radius 2 is 1.96 bits per heavy atom. The Bertz CT molecular complexity index is 851. The van der Waals surface area contributed by atoms with Crippen molar-refractivity contribution >= 4 is 5.97 Å². The molecular formula is C18H13F2N3O2. The van der Waals surface area contributed by atoms with Crippen LogP contribution in [0.2, 0.25) is 0 Å². The minimum atomic E-state index is -1.13. The molecular weight excluding hydrogens is 328 g/mol. The Morgan fingerprint density at radius 3 is 2.52 bits per heavy atom.